The Kier molecular flexibility index (Phi) is 4.68. The van der Waals surface area contributed by atoms with Gasteiger partial charge in [0.25, 0.3) is 0 Å². The van der Waals surface area contributed by atoms with Crippen molar-refractivity contribution < 1.29 is 13.2 Å². The summed E-state index contributed by atoms with van der Waals surface area (Å²) in [5.41, 5.74) is 4.82. The largest absolute Gasteiger partial charge is 0.417 e. The van der Waals surface area contributed by atoms with Gasteiger partial charge in [0.2, 0.25) is 0 Å². The second-order valence-electron chi connectivity index (χ2n) is 5.20. The van der Waals surface area contributed by atoms with E-state index in [4.69, 9.17) is 5.73 Å². The van der Waals surface area contributed by atoms with Crippen molar-refractivity contribution in [3.05, 3.63) is 48.2 Å². The number of nitrogens with two attached hydrogens (primary N) is 1. The second-order valence-corrected chi connectivity index (χ2v) is 6.00. The summed E-state index contributed by atoms with van der Waals surface area (Å²) in [6.45, 7) is 1.00. The number of alkyl halides is 3. The molecule has 0 bridgehead atoms. The smallest absolute Gasteiger partial charge is 0.330 e. The van der Waals surface area contributed by atoms with E-state index in [1.807, 2.05) is 29.2 Å². The first-order valence-corrected chi connectivity index (χ1v) is 8.13. The van der Waals surface area contributed by atoms with Gasteiger partial charge in [-0.05, 0) is 48.8 Å². The van der Waals surface area contributed by atoms with Crippen LogP contribution >= 0.6 is 11.5 Å². The Balaban J connectivity index is 2.00. The highest BCUT2D eigenvalue weighted by Crippen LogP contribution is 2.34. The molecular weight excluding hydrogens is 337 g/mol. The molecule has 2 aromatic heterocycles. The Morgan fingerprint density at radius 1 is 1.12 bits per heavy atom. The number of nitrogens with zero attached hydrogens (tertiary/aromatic N) is 3. The zero-order valence-electron chi connectivity index (χ0n) is 12.6. The molecule has 0 radical (unpaired) electrons. The van der Waals surface area contributed by atoms with E-state index in [0.29, 0.717) is 31.1 Å². The number of fused-ring (bicyclic) bond motifs is 1. The number of halogens is 3. The molecule has 0 aliphatic rings. The maximum absolute atomic E-state index is 12.7. The van der Waals surface area contributed by atoms with Crippen molar-refractivity contribution >= 4 is 33.3 Å². The maximum atomic E-state index is 12.7. The van der Waals surface area contributed by atoms with Crippen LogP contribution in [0.2, 0.25) is 0 Å². The molecule has 8 heteroatoms. The summed E-state index contributed by atoms with van der Waals surface area (Å²) in [5, 5.41) is 0.946. The van der Waals surface area contributed by atoms with Crippen LogP contribution in [0.15, 0.2) is 42.6 Å². The molecule has 0 unspecified atom stereocenters. The van der Waals surface area contributed by atoms with Crippen molar-refractivity contribution in [2.75, 3.05) is 18.0 Å². The predicted molar refractivity (Wildman–Crippen MR) is 89.5 cm³/mol. The number of rotatable bonds is 5. The Morgan fingerprint density at radius 3 is 2.58 bits per heavy atom. The summed E-state index contributed by atoms with van der Waals surface area (Å²) >= 11 is 1.35. The van der Waals surface area contributed by atoms with Gasteiger partial charge in [0.15, 0.2) is 5.82 Å². The lowest BCUT2D eigenvalue weighted by molar-refractivity contribution is -0.137. The van der Waals surface area contributed by atoms with E-state index >= 15 is 0 Å². The van der Waals surface area contributed by atoms with Crippen LogP contribution in [-0.2, 0) is 6.18 Å². The molecule has 0 fully saturated rings. The highest BCUT2D eigenvalue weighted by molar-refractivity contribution is 7.13. The zero-order chi connectivity index (χ0) is 17.2. The van der Waals surface area contributed by atoms with Gasteiger partial charge in [0.1, 0.15) is 5.82 Å². The lowest BCUT2D eigenvalue weighted by Gasteiger charge is -2.22. The zero-order valence-corrected chi connectivity index (χ0v) is 13.4. The topological polar surface area (TPSA) is 55.0 Å². The summed E-state index contributed by atoms with van der Waals surface area (Å²) in [7, 11) is 0. The van der Waals surface area contributed by atoms with E-state index < -0.39 is 11.7 Å². The molecule has 3 rings (SSSR count). The van der Waals surface area contributed by atoms with E-state index in [9.17, 15) is 13.2 Å². The van der Waals surface area contributed by atoms with Crippen LogP contribution in [0, 0.1) is 0 Å². The summed E-state index contributed by atoms with van der Waals surface area (Å²) in [4.78, 5) is 5.80. The molecule has 4 nitrogen and oxygen atoms in total. The van der Waals surface area contributed by atoms with Gasteiger partial charge in [0.05, 0.1) is 10.3 Å². The minimum atomic E-state index is -4.40. The van der Waals surface area contributed by atoms with E-state index in [2.05, 4.69) is 9.36 Å². The van der Waals surface area contributed by atoms with Crippen LogP contribution in [0.3, 0.4) is 0 Å². The van der Waals surface area contributed by atoms with Gasteiger partial charge in [-0.1, -0.05) is 12.1 Å². The van der Waals surface area contributed by atoms with Crippen LogP contribution in [0.5, 0.6) is 0 Å². The Bertz CT molecular complexity index is 814. The standard InChI is InChI=1S/C16H15F3N4S/c17-16(18,19)11-6-7-14(21-10-11)23(9-3-8-20)15-12-4-1-2-5-13(12)24-22-15/h1-2,4-7,10H,3,8-9,20H2. The molecule has 0 aliphatic carbocycles. The fraction of sp³-hybridized carbons (Fsp3) is 0.250. The molecular formula is C16H15F3N4S. The first-order valence-electron chi connectivity index (χ1n) is 7.36. The van der Waals surface area contributed by atoms with Gasteiger partial charge in [-0.2, -0.15) is 17.5 Å². The van der Waals surface area contributed by atoms with Gasteiger partial charge in [-0.15, -0.1) is 0 Å². The van der Waals surface area contributed by atoms with Crippen LogP contribution in [0.25, 0.3) is 10.1 Å². The molecule has 1 aromatic carbocycles. The molecule has 0 atom stereocenters. The average molecular weight is 352 g/mol. The minimum absolute atomic E-state index is 0.424. The van der Waals surface area contributed by atoms with Gasteiger partial charge in [-0.3, -0.25) is 0 Å². The predicted octanol–water partition coefficient (Wildman–Crippen LogP) is 4.20. The van der Waals surface area contributed by atoms with Crippen molar-refractivity contribution in [3.63, 3.8) is 0 Å². The molecule has 2 heterocycles. The normalized spacial score (nSPS) is 11.8. The number of pyridine rings is 1. The summed E-state index contributed by atoms with van der Waals surface area (Å²) < 4.78 is 43.6. The molecule has 0 spiro atoms. The Morgan fingerprint density at radius 2 is 1.92 bits per heavy atom. The third-order valence-electron chi connectivity index (χ3n) is 3.55. The van der Waals surface area contributed by atoms with Crippen LogP contribution in [0.4, 0.5) is 24.8 Å². The lowest BCUT2D eigenvalue weighted by Crippen LogP contribution is -2.22. The highest BCUT2D eigenvalue weighted by Gasteiger charge is 2.31. The van der Waals surface area contributed by atoms with E-state index in [0.717, 1.165) is 22.3 Å². The van der Waals surface area contributed by atoms with Crippen molar-refractivity contribution in [1.82, 2.24) is 9.36 Å². The average Bonchev–Trinajstić information content (AvgIpc) is 2.99. The van der Waals surface area contributed by atoms with Crippen LogP contribution in [0.1, 0.15) is 12.0 Å². The highest BCUT2D eigenvalue weighted by atomic mass is 32.1. The number of hydrogen-bond acceptors (Lipinski definition) is 5. The van der Waals surface area contributed by atoms with Gasteiger partial charge in [0, 0.05) is 18.1 Å². The first kappa shape index (κ1) is 16.7. The number of aromatic nitrogens is 2. The van der Waals surface area contributed by atoms with Crippen molar-refractivity contribution in [2.24, 2.45) is 5.73 Å². The first-order chi connectivity index (χ1) is 11.5. The van der Waals surface area contributed by atoms with E-state index in [1.54, 1.807) is 0 Å². The fourth-order valence-corrected chi connectivity index (χ4v) is 3.14. The maximum Gasteiger partial charge on any atom is 0.417 e. The summed E-state index contributed by atoms with van der Waals surface area (Å²) in [6, 6.07) is 10.1. The fourth-order valence-electron chi connectivity index (χ4n) is 2.36. The van der Waals surface area contributed by atoms with Crippen LogP contribution in [-0.4, -0.2) is 22.4 Å². The minimum Gasteiger partial charge on any atom is -0.330 e. The molecule has 126 valence electrons. The molecule has 0 saturated carbocycles. The second kappa shape index (κ2) is 6.74. The summed E-state index contributed by atoms with van der Waals surface area (Å²) in [6.07, 6.45) is -2.88. The van der Waals surface area contributed by atoms with Gasteiger partial charge >= 0.3 is 6.18 Å². The third kappa shape index (κ3) is 3.34. The molecule has 0 aliphatic heterocycles. The number of anilines is 2. The van der Waals surface area contributed by atoms with E-state index in [1.165, 1.54) is 17.6 Å². The van der Waals surface area contributed by atoms with Crippen molar-refractivity contribution in [3.8, 4) is 0 Å². The number of benzene rings is 1. The summed E-state index contributed by atoms with van der Waals surface area (Å²) in [5.74, 6) is 1.11. The Labute approximate surface area is 140 Å². The molecule has 2 N–H and O–H groups in total. The molecule has 24 heavy (non-hydrogen) atoms. The Hall–Kier alpha value is -2.19. The molecule has 0 saturated heterocycles. The molecule has 3 aromatic rings. The van der Waals surface area contributed by atoms with Crippen LogP contribution < -0.4 is 10.6 Å². The van der Waals surface area contributed by atoms with Crippen molar-refractivity contribution in [2.45, 2.75) is 12.6 Å². The SMILES string of the molecule is NCCCN(c1ccc(C(F)(F)F)cn1)c1nsc2ccccc12. The quantitative estimate of drug-likeness (QED) is 0.748. The van der Waals surface area contributed by atoms with Gasteiger partial charge in [-0.25, -0.2) is 4.98 Å². The monoisotopic (exact) mass is 352 g/mol. The third-order valence-corrected chi connectivity index (χ3v) is 4.37. The number of hydrogen-bond donors (Lipinski definition) is 1. The van der Waals surface area contributed by atoms with Gasteiger partial charge < -0.3 is 10.6 Å². The molecule has 0 amide bonds. The lowest BCUT2D eigenvalue weighted by atomic mass is 10.2. The van der Waals surface area contributed by atoms with Crippen molar-refractivity contribution in [1.29, 1.82) is 0 Å². The van der Waals surface area contributed by atoms with E-state index in [-0.39, 0.29) is 0 Å².